The van der Waals surface area contributed by atoms with E-state index >= 15 is 0 Å². The molecular weight excluding hydrogens is 636 g/mol. The van der Waals surface area contributed by atoms with Crippen LogP contribution in [0.15, 0.2) is 88.2 Å². The molecule has 0 fully saturated rings. The van der Waals surface area contributed by atoms with Gasteiger partial charge in [0.25, 0.3) is 0 Å². The molecule has 1 unspecified atom stereocenters. The lowest BCUT2D eigenvalue weighted by Crippen LogP contribution is -2.29. The third kappa shape index (κ3) is 8.81. The van der Waals surface area contributed by atoms with Gasteiger partial charge in [0.15, 0.2) is 11.6 Å². The quantitative estimate of drug-likeness (QED) is 0.0970. The number of likely N-dealkylation sites (N-methyl/N-ethyl adjacent to an activating group) is 1. The standard InChI is InChI=1S/C44H54N2O5/c1-7-45-37-26-40-35(23-28(37)3)42(36-24-29(4)38(46-8-2)27-41(36)51-40)33-20-16-17-21-34(33)44(49)50-22-18-14-12-10-9-11-13-15-19-32-25-39(47)30(5)31(6)43(32)48/h16-17,20-21,23-27,40,45-46H,7-15,18-19,22H2,1-6H3. The summed E-state index contributed by atoms with van der Waals surface area (Å²) in [5.41, 5.74) is 10.6. The maximum absolute atomic E-state index is 13.6. The van der Waals surface area contributed by atoms with Crippen molar-refractivity contribution in [1.29, 1.82) is 0 Å². The van der Waals surface area contributed by atoms with Crippen molar-refractivity contribution >= 4 is 28.8 Å². The molecule has 7 heteroatoms. The van der Waals surface area contributed by atoms with E-state index in [1.54, 1.807) is 13.8 Å². The summed E-state index contributed by atoms with van der Waals surface area (Å²) in [6.07, 6.45) is 14.5. The highest BCUT2D eigenvalue weighted by Crippen LogP contribution is 2.45. The highest BCUT2D eigenvalue weighted by atomic mass is 16.5. The number of rotatable bonds is 17. The molecule has 0 radical (unpaired) electrons. The zero-order valence-electron chi connectivity index (χ0n) is 31.3. The van der Waals surface area contributed by atoms with E-state index in [9.17, 15) is 14.4 Å². The lowest BCUT2D eigenvalue weighted by Gasteiger charge is -2.33. The van der Waals surface area contributed by atoms with Crippen LogP contribution >= 0.6 is 0 Å². The van der Waals surface area contributed by atoms with Crippen LogP contribution in [0.5, 0.6) is 5.75 Å². The Morgan fingerprint density at radius 1 is 0.804 bits per heavy atom. The molecule has 0 saturated heterocycles. The highest BCUT2D eigenvalue weighted by molar-refractivity contribution is 6.22. The molecule has 0 aromatic heterocycles. The zero-order valence-corrected chi connectivity index (χ0v) is 31.3. The number of hydrogen-bond donors (Lipinski definition) is 2. The molecule has 0 bridgehead atoms. The smallest absolute Gasteiger partial charge is 0.338 e. The van der Waals surface area contributed by atoms with Crippen LogP contribution in [-0.4, -0.2) is 43.3 Å². The van der Waals surface area contributed by atoms with Crippen LogP contribution in [0.4, 0.5) is 5.69 Å². The summed E-state index contributed by atoms with van der Waals surface area (Å²) >= 11 is 0. The van der Waals surface area contributed by atoms with Gasteiger partial charge in [0, 0.05) is 64.0 Å². The Morgan fingerprint density at radius 2 is 1.49 bits per heavy atom. The van der Waals surface area contributed by atoms with Gasteiger partial charge in [-0.05, 0) is 108 Å². The van der Waals surface area contributed by atoms with Gasteiger partial charge in [-0.25, -0.2) is 4.79 Å². The Morgan fingerprint density at radius 3 is 2.22 bits per heavy atom. The fourth-order valence-corrected chi connectivity index (χ4v) is 7.13. The number of esters is 1. The highest BCUT2D eigenvalue weighted by Gasteiger charge is 2.33. The number of Topliss-reactive ketones (excluding diaryl/α,β-unsaturated/α-hetero) is 1. The summed E-state index contributed by atoms with van der Waals surface area (Å²) in [4.78, 5) is 38.1. The molecule has 51 heavy (non-hydrogen) atoms. The van der Waals surface area contributed by atoms with E-state index in [1.165, 1.54) is 6.08 Å². The SMILES string of the molecule is CCNC1=CC2Oc3cc(NCC)c(C)cc3C(c3ccccc3C(=O)OCCCCCCCCCCC3=CC(=O)C(C)=C(C)C3=O)=C2C=C1C. The number of carbonyl (C=O) groups is 3. The fraction of sp³-hybridized carbons (Fsp3) is 0.432. The number of carbonyl (C=O) groups excluding carboxylic acids is 3. The first-order valence-corrected chi connectivity index (χ1v) is 18.8. The average Bonchev–Trinajstić information content (AvgIpc) is 3.12. The second kappa shape index (κ2) is 17.5. The van der Waals surface area contributed by atoms with E-state index in [4.69, 9.17) is 9.47 Å². The van der Waals surface area contributed by atoms with Gasteiger partial charge in [0.1, 0.15) is 11.9 Å². The van der Waals surface area contributed by atoms with E-state index in [-0.39, 0.29) is 23.6 Å². The second-order valence-corrected chi connectivity index (χ2v) is 13.9. The van der Waals surface area contributed by atoms with Gasteiger partial charge < -0.3 is 20.1 Å². The van der Waals surface area contributed by atoms with Crippen molar-refractivity contribution in [2.24, 2.45) is 0 Å². The summed E-state index contributed by atoms with van der Waals surface area (Å²) in [7, 11) is 0. The number of hydrogen-bond acceptors (Lipinski definition) is 7. The topological polar surface area (TPSA) is 93.7 Å². The van der Waals surface area contributed by atoms with Gasteiger partial charge in [0.05, 0.1) is 12.2 Å². The van der Waals surface area contributed by atoms with E-state index in [0.717, 1.165) is 115 Å². The van der Waals surface area contributed by atoms with Crippen molar-refractivity contribution < 1.29 is 23.9 Å². The number of nitrogens with one attached hydrogen (secondary N) is 2. The molecular formula is C44H54N2O5. The molecule has 1 atom stereocenters. The summed E-state index contributed by atoms with van der Waals surface area (Å²) in [5, 5.41) is 6.92. The van der Waals surface area contributed by atoms with Crippen molar-refractivity contribution in [2.75, 3.05) is 25.0 Å². The molecule has 3 aliphatic rings. The molecule has 1 aliphatic heterocycles. The van der Waals surface area contributed by atoms with Crippen LogP contribution in [0.25, 0.3) is 5.57 Å². The minimum Gasteiger partial charge on any atom is -0.481 e. The minimum atomic E-state index is -0.307. The van der Waals surface area contributed by atoms with Gasteiger partial charge in [-0.3, -0.25) is 9.59 Å². The number of allylic oxidation sites excluding steroid dienone is 5. The van der Waals surface area contributed by atoms with Crippen molar-refractivity contribution in [3.63, 3.8) is 0 Å². The number of fused-ring (bicyclic) bond motifs is 2. The normalized spacial score (nSPS) is 16.9. The van der Waals surface area contributed by atoms with Gasteiger partial charge in [0.2, 0.25) is 0 Å². The zero-order chi connectivity index (χ0) is 36.5. The number of benzene rings is 2. The van der Waals surface area contributed by atoms with Crippen LogP contribution in [0.3, 0.4) is 0 Å². The maximum Gasteiger partial charge on any atom is 0.338 e. The third-order valence-corrected chi connectivity index (χ3v) is 10.2. The maximum atomic E-state index is 13.6. The molecule has 2 N–H and O–H groups in total. The van der Waals surface area contributed by atoms with Crippen LogP contribution in [0.2, 0.25) is 0 Å². The molecule has 2 aromatic rings. The third-order valence-electron chi connectivity index (χ3n) is 10.2. The van der Waals surface area contributed by atoms with Gasteiger partial charge in [-0.1, -0.05) is 56.7 Å². The second-order valence-electron chi connectivity index (χ2n) is 13.9. The summed E-state index contributed by atoms with van der Waals surface area (Å²) in [5.74, 6) is 0.478. The number of aryl methyl sites for hydroxylation is 1. The van der Waals surface area contributed by atoms with Crippen molar-refractivity contribution in [1.82, 2.24) is 5.32 Å². The Hall–Kier alpha value is -4.65. The first-order valence-electron chi connectivity index (χ1n) is 18.8. The molecule has 270 valence electrons. The van der Waals surface area contributed by atoms with Crippen molar-refractivity contribution in [2.45, 2.75) is 105 Å². The van der Waals surface area contributed by atoms with Gasteiger partial charge in [-0.2, -0.15) is 0 Å². The molecule has 5 rings (SSSR count). The summed E-state index contributed by atoms with van der Waals surface area (Å²) in [6.45, 7) is 13.9. The Labute approximate surface area is 304 Å². The molecule has 7 nitrogen and oxygen atoms in total. The Kier molecular flexibility index (Phi) is 12.9. The monoisotopic (exact) mass is 690 g/mol. The number of ketones is 2. The first kappa shape index (κ1) is 37.6. The summed E-state index contributed by atoms with van der Waals surface area (Å²) < 4.78 is 12.5. The molecule has 0 spiro atoms. The van der Waals surface area contributed by atoms with Crippen molar-refractivity contribution in [3.05, 3.63) is 110 Å². The van der Waals surface area contributed by atoms with Crippen LogP contribution in [0.1, 0.15) is 119 Å². The molecule has 1 heterocycles. The molecule has 2 aromatic carbocycles. The number of unbranched alkanes of at least 4 members (excludes halogenated alkanes) is 7. The van der Waals surface area contributed by atoms with E-state index in [0.29, 0.717) is 35.3 Å². The van der Waals surface area contributed by atoms with Crippen LogP contribution in [-0.2, 0) is 14.3 Å². The Balaban J connectivity index is 1.16. The minimum absolute atomic E-state index is 0.0257. The number of ether oxygens (including phenoxy) is 2. The predicted octanol–water partition coefficient (Wildman–Crippen LogP) is 9.53. The van der Waals surface area contributed by atoms with Crippen LogP contribution in [0, 0.1) is 6.92 Å². The fourth-order valence-electron chi connectivity index (χ4n) is 7.13. The van der Waals surface area contributed by atoms with E-state index < -0.39 is 0 Å². The molecule has 0 amide bonds. The first-order chi connectivity index (χ1) is 24.6. The average molecular weight is 691 g/mol. The van der Waals surface area contributed by atoms with Gasteiger partial charge >= 0.3 is 5.97 Å². The molecule has 0 saturated carbocycles. The van der Waals surface area contributed by atoms with E-state index in [1.807, 2.05) is 24.3 Å². The van der Waals surface area contributed by atoms with Gasteiger partial charge in [-0.15, -0.1) is 0 Å². The summed E-state index contributed by atoms with van der Waals surface area (Å²) in [6, 6.07) is 12.0. The van der Waals surface area contributed by atoms with Crippen molar-refractivity contribution in [3.8, 4) is 5.75 Å². The lowest BCUT2D eigenvalue weighted by molar-refractivity contribution is -0.116. The number of anilines is 1. The van der Waals surface area contributed by atoms with Crippen LogP contribution < -0.4 is 15.4 Å². The Bertz CT molecular complexity index is 1820. The lowest BCUT2D eigenvalue weighted by atomic mass is 9.82. The van der Waals surface area contributed by atoms with E-state index in [2.05, 4.69) is 62.6 Å². The largest absolute Gasteiger partial charge is 0.481 e. The predicted molar refractivity (Wildman–Crippen MR) is 206 cm³/mol. The molecule has 2 aliphatic carbocycles.